The average Bonchev–Trinajstić information content (AvgIpc) is 2.84. The summed E-state index contributed by atoms with van der Waals surface area (Å²) in [4.78, 5) is 12.9. The minimum absolute atomic E-state index is 0.0910. The van der Waals surface area contributed by atoms with E-state index in [2.05, 4.69) is 10.5 Å². The summed E-state index contributed by atoms with van der Waals surface area (Å²) in [7, 11) is -0.974. The maximum Gasteiger partial charge on any atom is 0.264 e. The van der Waals surface area contributed by atoms with Gasteiger partial charge in [-0.3, -0.25) is 9.10 Å². The average molecular weight is 482 g/mol. The zero-order valence-corrected chi connectivity index (χ0v) is 20.3. The molecule has 178 valence electrons. The zero-order chi connectivity index (χ0) is 24.7. The van der Waals surface area contributed by atoms with E-state index in [9.17, 15) is 13.2 Å². The van der Waals surface area contributed by atoms with Crippen molar-refractivity contribution in [1.82, 2.24) is 5.43 Å². The minimum Gasteiger partial charge on any atom is -0.493 e. The number of ether oxygens (including phenoxy) is 2. The van der Waals surface area contributed by atoms with Crippen LogP contribution in [0.3, 0.4) is 0 Å². The third kappa shape index (κ3) is 5.55. The van der Waals surface area contributed by atoms with Gasteiger partial charge >= 0.3 is 0 Å². The van der Waals surface area contributed by atoms with E-state index in [0.717, 1.165) is 15.4 Å². The van der Waals surface area contributed by atoms with E-state index in [1.165, 1.54) is 32.6 Å². The Morgan fingerprint density at radius 1 is 1.00 bits per heavy atom. The highest BCUT2D eigenvalue weighted by Gasteiger charge is 2.28. The molecular weight excluding hydrogens is 454 g/mol. The summed E-state index contributed by atoms with van der Waals surface area (Å²) in [5.74, 6) is 0.387. The molecule has 0 saturated heterocycles. The second kappa shape index (κ2) is 10.8. The summed E-state index contributed by atoms with van der Waals surface area (Å²) < 4.78 is 38.6. The molecule has 0 saturated carbocycles. The van der Waals surface area contributed by atoms with Gasteiger partial charge in [0.25, 0.3) is 15.9 Å². The van der Waals surface area contributed by atoms with Crippen molar-refractivity contribution in [2.45, 2.75) is 18.7 Å². The number of aryl methyl sites for hydroxylation is 2. The van der Waals surface area contributed by atoms with Crippen LogP contribution in [-0.2, 0) is 14.8 Å². The van der Waals surface area contributed by atoms with Crippen LogP contribution in [0.25, 0.3) is 0 Å². The smallest absolute Gasteiger partial charge is 0.264 e. The molecule has 0 heterocycles. The number of benzene rings is 3. The van der Waals surface area contributed by atoms with Crippen LogP contribution in [0.15, 0.2) is 76.7 Å². The second-order valence-electron chi connectivity index (χ2n) is 7.49. The molecule has 0 bridgehead atoms. The number of sulfonamides is 1. The molecule has 0 unspecified atom stereocenters. The summed E-state index contributed by atoms with van der Waals surface area (Å²) in [6.07, 6.45) is 1.41. The first kappa shape index (κ1) is 24.8. The van der Waals surface area contributed by atoms with Gasteiger partial charge in [-0.2, -0.15) is 5.10 Å². The molecule has 0 aliphatic carbocycles. The van der Waals surface area contributed by atoms with Crippen molar-refractivity contribution < 1.29 is 22.7 Å². The Bertz CT molecular complexity index is 1290. The van der Waals surface area contributed by atoms with Crippen LogP contribution in [0.5, 0.6) is 11.5 Å². The largest absolute Gasteiger partial charge is 0.493 e. The molecule has 0 radical (unpaired) electrons. The van der Waals surface area contributed by atoms with Gasteiger partial charge in [-0.1, -0.05) is 36.4 Å². The number of anilines is 1. The number of nitrogens with zero attached hydrogens (tertiary/aromatic N) is 2. The predicted octanol–water partition coefficient (Wildman–Crippen LogP) is 3.67. The van der Waals surface area contributed by atoms with Gasteiger partial charge < -0.3 is 9.47 Å². The van der Waals surface area contributed by atoms with E-state index >= 15 is 0 Å². The summed E-state index contributed by atoms with van der Waals surface area (Å²) in [5, 5.41) is 3.99. The predicted molar refractivity (Wildman–Crippen MR) is 132 cm³/mol. The number of nitrogens with one attached hydrogen (secondary N) is 1. The van der Waals surface area contributed by atoms with E-state index in [0.29, 0.717) is 22.7 Å². The molecule has 1 N–H and O–H groups in total. The number of methoxy groups -OCH3 is 2. The van der Waals surface area contributed by atoms with Gasteiger partial charge in [-0.25, -0.2) is 13.8 Å². The fourth-order valence-electron chi connectivity index (χ4n) is 3.36. The van der Waals surface area contributed by atoms with E-state index in [4.69, 9.17) is 9.47 Å². The van der Waals surface area contributed by atoms with Crippen molar-refractivity contribution in [1.29, 1.82) is 0 Å². The maximum atomic E-state index is 13.5. The highest BCUT2D eigenvalue weighted by atomic mass is 32.2. The van der Waals surface area contributed by atoms with Crippen molar-refractivity contribution in [3.05, 3.63) is 83.4 Å². The highest BCUT2D eigenvalue weighted by molar-refractivity contribution is 7.92. The van der Waals surface area contributed by atoms with E-state index < -0.39 is 22.5 Å². The molecule has 0 spiro atoms. The fourth-order valence-corrected chi connectivity index (χ4v) is 4.86. The van der Waals surface area contributed by atoms with E-state index in [1.807, 2.05) is 19.1 Å². The topological polar surface area (TPSA) is 97.3 Å². The first-order valence-electron chi connectivity index (χ1n) is 10.5. The number of hydrazone groups is 1. The number of para-hydroxylation sites is 1. The molecule has 0 aliphatic rings. The van der Waals surface area contributed by atoms with Crippen LogP contribution in [0.1, 0.15) is 16.7 Å². The Labute approximate surface area is 199 Å². The molecule has 0 fully saturated rings. The number of amides is 1. The molecule has 34 heavy (non-hydrogen) atoms. The van der Waals surface area contributed by atoms with Crippen molar-refractivity contribution >= 4 is 27.8 Å². The van der Waals surface area contributed by atoms with Crippen LogP contribution in [0.4, 0.5) is 5.69 Å². The number of hydrogen-bond acceptors (Lipinski definition) is 6. The quantitative estimate of drug-likeness (QED) is 0.372. The highest BCUT2D eigenvalue weighted by Crippen LogP contribution is 2.30. The Morgan fingerprint density at radius 3 is 2.41 bits per heavy atom. The molecule has 1 amide bonds. The van der Waals surface area contributed by atoms with Crippen molar-refractivity contribution in [2.24, 2.45) is 5.10 Å². The molecule has 3 rings (SSSR count). The summed E-state index contributed by atoms with van der Waals surface area (Å²) in [5.41, 5.74) is 5.02. The number of carbonyl (C=O) groups excluding carboxylic acids is 1. The SMILES string of the molecule is COc1cccc(/C=N\NC(=O)CN(c2cc(C)ccc2C)S(=O)(=O)c2ccccc2)c1OC. The Morgan fingerprint density at radius 2 is 1.74 bits per heavy atom. The standard InChI is InChI=1S/C25H27N3O5S/c1-18-13-14-19(2)22(15-18)28(34(30,31)21-10-6-5-7-11-21)17-24(29)27-26-16-20-9-8-12-23(32-3)25(20)33-4/h5-16H,17H2,1-4H3,(H,27,29)/b26-16-. The molecule has 9 heteroatoms. The lowest BCUT2D eigenvalue weighted by Crippen LogP contribution is -2.40. The van der Waals surface area contributed by atoms with Crippen LogP contribution < -0.4 is 19.2 Å². The summed E-state index contributed by atoms with van der Waals surface area (Å²) >= 11 is 0. The molecular formula is C25H27N3O5S. The van der Waals surface area contributed by atoms with Gasteiger partial charge in [-0.15, -0.1) is 0 Å². The maximum absolute atomic E-state index is 13.5. The first-order valence-corrected chi connectivity index (χ1v) is 11.9. The van der Waals surface area contributed by atoms with Crippen LogP contribution in [0, 0.1) is 13.8 Å². The first-order chi connectivity index (χ1) is 16.3. The lowest BCUT2D eigenvalue weighted by Gasteiger charge is -2.25. The van der Waals surface area contributed by atoms with Gasteiger partial charge in [-0.05, 0) is 55.3 Å². The molecule has 0 aromatic heterocycles. The number of carbonyl (C=O) groups is 1. The van der Waals surface area contributed by atoms with E-state index in [-0.39, 0.29) is 4.90 Å². The summed E-state index contributed by atoms with van der Waals surface area (Å²) in [6.45, 7) is 3.21. The van der Waals surface area contributed by atoms with Crippen molar-refractivity contribution in [3.63, 3.8) is 0 Å². The lowest BCUT2D eigenvalue weighted by atomic mass is 10.1. The number of rotatable bonds is 9. The zero-order valence-electron chi connectivity index (χ0n) is 19.5. The van der Waals surface area contributed by atoms with Crippen LogP contribution in [0.2, 0.25) is 0 Å². The molecule has 0 atom stereocenters. The number of hydrogen-bond donors (Lipinski definition) is 1. The fraction of sp³-hybridized carbons (Fsp3) is 0.200. The molecule has 3 aromatic rings. The molecule has 0 aliphatic heterocycles. The summed E-state index contributed by atoms with van der Waals surface area (Å²) in [6, 6.07) is 18.7. The van der Waals surface area contributed by atoms with Crippen LogP contribution in [-0.4, -0.2) is 41.3 Å². The Kier molecular flexibility index (Phi) is 7.91. The molecule has 8 nitrogen and oxygen atoms in total. The second-order valence-corrected chi connectivity index (χ2v) is 9.35. The van der Waals surface area contributed by atoms with Gasteiger partial charge in [0.1, 0.15) is 6.54 Å². The third-order valence-corrected chi connectivity index (χ3v) is 6.85. The monoisotopic (exact) mass is 481 g/mol. The van der Waals surface area contributed by atoms with Gasteiger partial charge in [0.05, 0.1) is 31.0 Å². The Balaban J connectivity index is 1.88. The van der Waals surface area contributed by atoms with Crippen molar-refractivity contribution in [3.8, 4) is 11.5 Å². The molecule has 3 aromatic carbocycles. The minimum atomic E-state index is -4.00. The van der Waals surface area contributed by atoms with Crippen molar-refractivity contribution in [2.75, 3.05) is 25.1 Å². The van der Waals surface area contributed by atoms with Gasteiger partial charge in [0.2, 0.25) is 0 Å². The lowest BCUT2D eigenvalue weighted by molar-refractivity contribution is -0.119. The third-order valence-electron chi connectivity index (χ3n) is 5.08. The van der Waals surface area contributed by atoms with Gasteiger partial charge in [0.15, 0.2) is 11.5 Å². The van der Waals surface area contributed by atoms with E-state index in [1.54, 1.807) is 49.4 Å². The van der Waals surface area contributed by atoms with Crippen LogP contribution >= 0.6 is 0 Å². The Hall–Kier alpha value is -3.85. The van der Waals surface area contributed by atoms with Gasteiger partial charge in [0, 0.05) is 5.56 Å². The normalized spacial score (nSPS) is 11.3.